The summed E-state index contributed by atoms with van der Waals surface area (Å²) in [6.45, 7) is 2.21. The van der Waals surface area contributed by atoms with Crippen LogP contribution in [0.2, 0.25) is 0 Å². The fraction of sp³-hybridized carbons (Fsp3) is 0.381. The van der Waals surface area contributed by atoms with E-state index in [0.29, 0.717) is 17.4 Å². The first-order valence-corrected chi connectivity index (χ1v) is 9.25. The Morgan fingerprint density at radius 3 is 2.67 bits per heavy atom. The molecule has 2 aliphatic carbocycles. The molecule has 1 heterocycles. The fourth-order valence-electron chi connectivity index (χ4n) is 4.43. The van der Waals surface area contributed by atoms with Crippen molar-refractivity contribution in [2.45, 2.75) is 32.6 Å². The van der Waals surface area contributed by atoms with E-state index >= 15 is 0 Å². The first-order valence-electron chi connectivity index (χ1n) is 9.25. The van der Waals surface area contributed by atoms with Crippen LogP contribution in [0.15, 0.2) is 45.9 Å². The number of carboxylic acids is 1. The van der Waals surface area contributed by atoms with E-state index < -0.39 is 5.97 Å². The maximum Gasteiger partial charge on any atom is 0.335 e. The van der Waals surface area contributed by atoms with Gasteiger partial charge in [-0.2, -0.15) is 5.10 Å². The number of nitrogens with one attached hydrogen (secondary N) is 1. The second-order valence-electron chi connectivity index (χ2n) is 7.65. The summed E-state index contributed by atoms with van der Waals surface area (Å²) in [5, 5.41) is 13.0. The second kappa shape index (κ2) is 6.68. The zero-order chi connectivity index (χ0) is 19.0. The van der Waals surface area contributed by atoms with E-state index in [1.165, 1.54) is 31.2 Å². The van der Waals surface area contributed by atoms with Crippen LogP contribution in [-0.2, 0) is 4.79 Å². The quantitative estimate of drug-likeness (QED) is 0.620. The maximum atomic E-state index is 12.4. The van der Waals surface area contributed by atoms with Crippen LogP contribution in [-0.4, -0.2) is 23.2 Å². The molecule has 2 N–H and O–H groups in total. The molecule has 0 saturated heterocycles. The molecule has 2 saturated carbocycles. The van der Waals surface area contributed by atoms with Crippen LogP contribution in [0.25, 0.3) is 11.3 Å². The van der Waals surface area contributed by atoms with E-state index in [-0.39, 0.29) is 22.8 Å². The van der Waals surface area contributed by atoms with Gasteiger partial charge < -0.3 is 9.52 Å². The lowest BCUT2D eigenvalue weighted by atomic mass is 9.90. The van der Waals surface area contributed by atoms with E-state index in [1.807, 2.05) is 0 Å². The minimum atomic E-state index is -0.964. The van der Waals surface area contributed by atoms with Crippen molar-refractivity contribution in [3.63, 3.8) is 0 Å². The largest absolute Gasteiger partial charge is 0.478 e. The van der Waals surface area contributed by atoms with Crippen molar-refractivity contribution < 1.29 is 19.1 Å². The van der Waals surface area contributed by atoms with Gasteiger partial charge in [0.25, 0.3) is 0 Å². The average Bonchev–Trinajstić information content (AvgIpc) is 3.03. The van der Waals surface area contributed by atoms with Gasteiger partial charge in [-0.25, -0.2) is 10.2 Å². The molecule has 140 valence electrons. The second-order valence-corrected chi connectivity index (χ2v) is 7.65. The molecule has 1 aromatic heterocycles. The topological polar surface area (TPSA) is 91.9 Å². The third-order valence-electron chi connectivity index (χ3n) is 6.02. The number of carbonyl (C=O) groups excluding carboxylic acids is 1. The van der Waals surface area contributed by atoms with Crippen molar-refractivity contribution in [3.05, 3.63) is 47.7 Å². The molecule has 2 aromatic rings. The van der Waals surface area contributed by atoms with Crippen molar-refractivity contribution in [1.82, 2.24) is 5.43 Å². The Balaban J connectivity index is 1.36. The fourth-order valence-corrected chi connectivity index (χ4v) is 4.43. The van der Waals surface area contributed by atoms with Crippen molar-refractivity contribution >= 4 is 18.1 Å². The molecule has 1 amide bonds. The van der Waals surface area contributed by atoms with E-state index in [2.05, 4.69) is 17.5 Å². The van der Waals surface area contributed by atoms with E-state index in [4.69, 9.17) is 9.52 Å². The van der Waals surface area contributed by atoms with Gasteiger partial charge in [0, 0.05) is 11.5 Å². The number of carboxylic acid groups (broad SMARTS) is 1. The zero-order valence-electron chi connectivity index (χ0n) is 15.1. The molecule has 0 spiro atoms. The van der Waals surface area contributed by atoms with Crippen molar-refractivity contribution in [2.24, 2.45) is 22.4 Å². The first-order chi connectivity index (χ1) is 13.0. The van der Waals surface area contributed by atoms with Crippen LogP contribution < -0.4 is 5.43 Å². The molecule has 0 unspecified atom stereocenters. The molecule has 6 nitrogen and oxygen atoms in total. The van der Waals surface area contributed by atoms with Gasteiger partial charge in [-0.3, -0.25) is 4.79 Å². The maximum absolute atomic E-state index is 12.4. The molecule has 27 heavy (non-hydrogen) atoms. The smallest absolute Gasteiger partial charge is 0.335 e. The minimum absolute atomic E-state index is 0.00307. The average molecular weight is 366 g/mol. The van der Waals surface area contributed by atoms with Gasteiger partial charge in [0.05, 0.1) is 11.8 Å². The highest BCUT2D eigenvalue weighted by Gasteiger charge is 2.64. The molecular weight excluding hydrogens is 344 g/mol. The van der Waals surface area contributed by atoms with Gasteiger partial charge >= 0.3 is 5.97 Å². The number of hydrogen-bond acceptors (Lipinski definition) is 4. The number of nitrogens with zero attached hydrogens (tertiary/aromatic N) is 1. The van der Waals surface area contributed by atoms with Gasteiger partial charge in [0.15, 0.2) is 0 Å². The van der Waals surface area contributed by atoms with Crippen molar-refractivity contribution in [2.75, 3.05) is 0 Å². The predicted octanol–water partition coefficient (Wildman–Crippen LogP) is 3.92. The summed E-state index contributed by atoms with van der Waals surface area (Å²) in [6, 6.07) is 10.00. The number of carbonyl (C=O) groups is 2. The third-order valence-corrected chi connectivity index (χ3v) is 6.02. The Kier molecular flexibility index (Phi) is 4.34. The Morgan fingerprint density at radius 1 is 1.22 bits per heavy atom. The Morgan fingerprint density at radius 2 is 2.00 bits per heavy atom. The highest BCUT2D eigenvalue weighted by atomic mass is 16.4. The van der Waals surface area contributed by atoms with Crippen LogP contribution in [0.4, 0.5) is 0 Å². The van der Waals surface area contributed by atoms with Crippen molar-refractivity contribution in [3.8, 4) is 11.3 Å². The third kappa shape index (κ3) is 3.27. The standard InChI is InChI=1S/C21H22N2O4/c1-21-11-3-2-4-16(21)18(21)19(24)23-22-12-15-9-10-17(27-15)13-5-7-14(8-6-13)20(25)26/h5-10,12,16,18H,2-4,11H2,1H3,(H,23,24)(H,25,26)/b22-12+/t16-,18+,21-/m0/s1. The summed E-state index contributed by atoms with van der Waals surface area (Å²) in [5.74, 6) is 0.751. The van der Waals surface area contributed by atoms with Crippen LogP contribution in [0, 0.1) is 17.3 Å². The number of benzene rings is 1. The van der Waals surface area contributed by atoms with Crippen LogP contribution in [0.5, 0.6) is 0 Å². The Bertz CT molecular complexity index is 899. The van der Waals surface area contributed by atoms with E-state index in [0.717, 1.165) is 18.4 Å². The zero-order valence-corrected chi connectivity index (χ0v) is 15.1. The van der Waals surface area contributed by atoms with Gasteiger partial charge in [-0.15, -0.1) is 0 Å². The number of amides is 1. The van der Waals surface area contributed by atoms with Crippen molar-refractivity contribution in [1.29, 1.82) is 0 Å². The predicted molar refractivity (Wildman–Crippen MR) is 100 cm³/mol. The molecule has 1 aromatic carbocycles. The van der Waals surface area contributed by atoms with Gasteiger partial charge in [0.1, 0.15) is 11.5 Å². The lowest BCUT2D eigenvalue weighted by Crippen LogP contribution is -2.22. The number of aromatic carboxylic acids is 1. The highest BCUT2D eigenvalue weighted by Crippen LogP contribution is 2.66. The molecule has 4 rings (SSSR count). The van der Waals surface area contributed by atoms with E-state index in [9.17, 15) is 9.59 Å². The van der Waals surface area contributed by atoms with Crippen LogP contribution >= 0.6 is 0 Å². The number of hydrogen-bond donors (Lipinski definition) is 2. The molecule has 6 heteroatoms. The number of rotatable bonds is 5. The molecule has 0 radical (unpaired) electrons. The molecule has 0 bridgehead atoms. The SMILES string of the molecule is C[C@]12CCCC[C@H]1[C@@H]2C(=O)N/N=C/c1ccc(-c2ccc(C(=O)O)cc2)o1. The molecule has 2 fully saturated rings. The summed E-state index contributed by atoms with van der Waals surface area (Å²) in [4.78, 5) is 23.3. The van der Waals surface area contributed by atoms with Crippen LogP contribution in [0.3, 0.4) is 0 Å². The Labute approximate surface area is 157 Å². The molecule has 3 atom stereocenters. The van der Waals surface area contributed by atoms with Gasteiger partial charge in [0.2, 0.25) is 5.91 Å². The Hall–Kier alpha value is -2.89. The minimum Gasteiger partial charge on any atom is -0.478 e. The number of hydrazone groups is 1. The number of furan rings is 1. The summed E-state index contributed by atoms with van der Waals surface area (Å²) in [6.07, 6.45) is 6.18. The molecule has 0 aliphatic heterocycles. The summed E-state index contributed by atoms with van der Waals surface area (Å²) >= 11 is 0. The lowest BCUT2D eigenvalue weighted by molar-refractivity contribution is -0.123. The van der Waals surface area contributed by atoms with Gasteiger partial charge in [-0.1, -0.05) is 31.9 Å². The summed E-state index contributed by atoms with van der Waals surface area (Å²) in [7, 11) is 0. The molecular formula is C21H22N2O4. The van der Waals surface area contributed by atoms with Gasteiger partial charge in [-0.05, 0) is 48.4 Å². The highest BCUT2D eigenvalue weighted by molar-refractivity contribution is 5.88. The normalized spacial score (nSPS) is 26.6. The monoisotopic (exact) mass is 366 g/mol. The summed E-state index contributed by atoms with van der Waals surface area (Å²) in [5.41, 5.74) is 3.82. The first kappa shape index (κ1) is 17.5. The lowest BCUT2D eigenvalue weighted by Gasteiger charge is -2.15. The van der Waals surface area contributed by atoms with E-state index in [1.54, 1.807) is 24.3 Å². The number of fused-ring (bicyclic) bond motifs is 1. The summed E-state index contributed by atoms with van der Waals surface area (Å²) < 4.78 is 5.69. The molecule has 2 aliphatic rings. The van der Waals surface area contributed by atoms with Crippen LogP contribution in [0.1, 0.15) is 48.7 Å².